The Bertz CT molecular complexity index is 750. The minimum absolute atomic E-state index is 0.331. The molecule has 0 saturated carbocycles. The minimum Gasteiger partial charge on any atom is -0.326 e. The smallest absolute Gasteiger partial charge is 0.249 e. The second-order valence-electron chi connectivity index (χ2n) is 4.58. The molecule has 0 radical (unpaired) electrons. The van der Waals surface area contributed by atoms with Gasteiger partial charge in [-0.15, -0.1) is 0 Å². The van der Waals surface area contributed by atoms with Gasteiger partial charge in [0.25, 0.3) is 0 Å². The molecule has 5 nitrogen and oxygen atoms in total. The third kappa shape index (κ3) is 6.22. The molecule has 2 aromatic rings. The summed E-state index contributed by atoms with van der Waals surface area (Å²) < 4.78 is 0.911. The first-order valence-corrected chi connectivity index (χ1v) is 7.83. The van der Waals surface area contributed by atoms with Crippen LogP contribution in [-0.2, 0) is 9.59 Å². The van der Waals surface area contributed by atoms with Crippen LogP contribution < -0.4 is 10.7 Å². The Balaban J connectivity index is 1.81. The molecule has 0 unspecified atom stereocenters. The van der Waals surface area contributed by atoms with Crippen molar-refractivity contribution in [2.75, 3.05) is 5.32 Å². The van der Waals surface area contributed by atoms with E-state index in [0.29, 0.717) is 10.7 Å². The predicted octanol–water partition coefficient (Wildman–Crippen LogP) is 3.58. The number of amides is 2. The van der Waals surface area contributed by atoms with Crippen molar-refractivity contribution in [3.05, 3.63) is 63.6 Å². The quantitative estimate of drug-likeness (QED) is 0.462. The molecule has 0 saturated heterocycles. The van der Waals surface area contributed by atoms with Gasteiger partial charge >= 0.3 is 0 Å². The first-order valence-electron chi connectivity index (χ1n) is 6.66. The van der Waals surface area contributed by atoms with Gasteiger partial charge in [0, 0.05) is 15.2 Å². The maximum Gasteiger partial charge on any atom is 0.249 e. The average Bonchev–Trinajstić information content (AvgIpc) is 2.47. The van der Waals surface area contributed by atoms with Gasteiger partial charge in [-0.2, -0.15) is 5.10 Å². The van der Waals surface area contributed by atoms with Crippen LogP contribution in [0.1, 0.15) is 12.0 Å². The molecule has 0 aromatic heterocycles. The number of benzene rings is 2. The van der Waals surface area contributed by atoms with Crippen LogP contribution in [0.25, 0.3) is 0 Å². The number of rotatable bonds is 5. The van der Waals surface area contributed by atoms with Crippen molar-refractivity contribution >= 4 is 51.2 Å². The van der Waals surface area contributed by atoms with Gasteiger partial charge in [-0.05, 0) is 35.9 Å². The lowest BCUT2D eigenvalue weighted by molar-refractivity contribution is -0.126. The highest BCUT2D eigenvalue weighted by Crippen LogP contribution is 2.15. The third-order valence-corrected chi connectivity index (χ3v) is 3.41. The topological polar surface area (TPSA) is 70.6 Å². The molecule has 23 heavy (non-hydrogen) atoms. The summed E-state index contributed by atoms with van der Waals surface area (Å²) in [5, 5.41) is 6.90. The largest absolute Gasteiger partial charge is 0.326 e. The van der Waals surface area contributed by atoms with E-state index in [0.717, 1.165) is 10.0 Å². The van der Waals surface area contributed by atoms with Crippen molar-refractivity contribution in [2.24, 2.45) is 5.10 Å². The van der Waals surface area contributed by atoms with Gasteiger partial charge in [0.2, 0.25) is 11.8 Å². The Kier molecular flexibility index (Phi) is 6.31. The summed E-state index contributed by atoms with van der Waals surface area (Å²) in [6, 6.07) is 14.1. The van der Waals surface area contributed by atoms with E-state index in [4.69, 9.17) is 11.6 Å². The van der Waals surface area contributed by atoms with Crippen LogP contribution in [0.5, 0.6) is 0 Å². The van der Waals surface area contributed by atoms with E-state index in [2.05, 4.69) is 31.8 Å². The van der Waals surface area contributed by atoms with E-state index in [-0.39, 0.29) is 6.42 Å². The van der Waals surface area contributed by atoms with E-state index in [1.807, 2.05) is 24.3 Å². The van der Waals surface area contributed by atoms with Crippen molar-refractivity contribution in [2.45, 2.75) is 6.42 Å². The zero-order chi connectivity index (χ0) is 16.7. The van der Waals surface area contributed by atoms with Crippen molar-refractivity contribution in [1.82, 2.24) is 5.43 Å². The lowest BCUT2D eigenvalue weighted by Crippen LogP contribution is -2.24. The van der Waals surface area contributed by atoms with E-state index in [9.17, 15) is 9.59 Å². The van der Waals surface area contributed by atoms with Crippen LogP contribution in [0.4, 0.5) is 5.69 Å². The first kappa shape index (κ1) is 17.2. The molecule has 0 aliphatic carbocycles. The van der Waals surface area contributed by atoms with Crippen LogP contribution >= 0.6 is 27.5 Å². The molecule has 0 aliphatic heterocycles. The lowest BCUT2D eigenvalue weighted by Gasteiger charge is -2.04. The molecule has 0 atom stereocenters. The molecule has 2 aromatic carbocycles. The van der Waals surface area contributed by atoms with Crippen molar-refractivity contribution < 1.29 is 9.59 Å². The zero-order valence-corrected chi connectivity index (χ0v) is 14.3. The number of nitrogens with zero attached hydrogens (tertiary/aromatic N) is 1. The Labute approximate surface area is 146 Å². The molecule has 118 valence electrons. The molecule has 7 heteroatoms. The highest BCUT2D eigenvalue weighted by molar-refractivity contribution is 9.10. The molecule has 2 amide bonds. The van der Waals surface area contributed by atoms with E-state index < -0.39 is 11.8 Å². The maximum absolute atomic E-state index is 11.7. The number of halogens is 2. The van der Waals surface area contributed by atoms with E-state index in [1.165, 1.54) is 6.21 Å². The first-order chi connectivity index (χ1) is 11.0. The van der Waals surface area contributed by atoms with Gasteiger partial charge in [-0.1, -0.05) is 45.7 Å². The molecule has 0 heterocycles. The number of carbonyl (C=O) groups is 2. The molecular weight excluding hydrogens is 382 g/mol. The summed E-state index contributed by atoms with van der Waals surface area (Å²) in [5.74, 6) is -0.946. The van der Waals surface area contributed by atoms with Gasteiger partial charge in [0.15, 0.2) is 0 Å². The number of hydrogen-bond acceptors (Lipinski definition) is 3. The third-order valence-electron chi connectivity index (χ3n) is 2.68. The summed E-state index contributed by atoms with van der Waals surface area (Å²) in [6.45, 7) is 0. The van der Waals surface area contributed by atoms with Crippen molar-refractivity contribution in [3.8, 4) is 0 Å². The second kappa shape index (κ2) is 8.45. The Hall–Kier alpha value is -2.18. The maximum atomic E-state index is 11.7. The van der Waals surface area contributed by atoms with Crippen LogP contribution in [0.15, 0.2) is 58.1 Å². The number of hydrogen-bond donors (Lipinski definition) is 2. The van der Waals surface area contributed by atoms with E-state index >= 15 is 0 Å². The second-order valence-corrected chi connectivity index (χ2v) is 5.94. The van der Waals surface area contributed by atoms with E-state index in [1.54, 1.807) is 24.3 Å². The normalized spacial score (nSPS) is 10.5. The number of anilines is 1. The average molecular weight is 395 g/mol. The summed E-state index contributed by atoms with van der Waals surface area (Å²) in [4.78, 5) is 23.4. The highest BCUT2D eigenvalue weighted by Gasteiger charge is 2.09. The minimum atomic E-state index is -0.504. The molecular formula is C16H13BrClN3O2. The molecule has 2 rings (SSSR count). The van der Waals surface area contributed by atoms with Crippen molar-refractivity contribution in [3.63, 3.8) is 0 Å². The fraction of sp³-hybridized carbons (Fsp3) is 0.0625. The molecule has 0 fully saturated rings. The van der Waals surface area contributed by atoms with Crippen molar-refractivity contribution in [1.29, 1.82) is 0 Å². The number of hydrazone groups is 1. The highest BCUT2D eigenvalue weighted by atomic mass is 79.9. The van der Waals surface area contributed by atoms with Crippen LogP contribution in [0, 0.1) is 0 Å². The Morgan fingerprint density at radius 2 is 1.91 bits per heavy atom. The zero-order valence-electron chi connectivity index (χ0n) is 11.9. The lowest BCUT2D eigenvalue weighted by atomic mass is 10.2. The monoisotopic (exact) mass is 393 g/mol. The van der Waals surface area contributed by atoms with Crippen LogP contribution in [0.3, 0.4) is 0 Å². The molecule has 2 N–H and O–H groups in total. The summed E-state index contributed by atoms with van der Waals surface area (Å²) in [7, 11) is 0. The molecule has 0 bridgehead atoms. The standard InChI is InChI=1S/C16H13BrClN3O2/c17-12-4-1-3-11(7-12)10-19-21-16(23)9-15(22)20-14-6-2-5-13(18)8-14/h1-8,10H,9H2,(H,20,22)(H,21,23)/b19-10+. The van der Waals surface area contributed by atoms with Gasteiger partial charge in [-0.3, -0.25) is 9.59 Å². The fourth-order valence-electron chi connectivity index (χ4n) is 1.72. The van der Waals surface area contributed by atoms with Crippen LogP contribution in [-0.4, -0.2) is 18.0 Å². The Morgan fingerprint density at radius 1 is 1.13 bits per heavy atom. The Morgan fingerprint density at radius 3 is 2.65 bits per heavy atom. The van der Waals surface area contributed by atoms with Gasteiger partial charge in [0.1, 0.15) is 6.42 Å². The summed E-state index contributed by atoms with van der Waals surface area (Å²) in [6.07, 6.45) is 1.17. The summed E-state index contributed by atoms with van der Waals surface area (Å²) >= 11 is 9.16. The van der Waals surface area contributed by atoms with Gasteiger partial charge in [0.05, 0.1) is 6.21 Å². The van der Waals surface area contributed by atoms with Gasteiger partial charge in [-0.25, -0.2) is 5.43 Å². The predicted molar refractivity (Wildman–Crippen MR) is 94.6 cm³/mol. The number of carbonyl (C=O) groups excluding carboxylic acids is 2. The molecule has 0 spiro atoms. The number of nitrogens with one attached hydrogen (secondary N) is 2. The molecule has 0 aliphatic rings. The van der Waals surface area contributed by atoms with Crippen LogP contribution in [0.2, 0.25) is 5.02 Å². The SMILES string of the molecule is O=C(CC(=O)Nc1cccc(Cl)c1)N/N=C/c1cccc(Br)c1. The van der Waals surface area contributed by atoms with Gasteiger partial charge < -0.3 is 5.32 Å². The fourth-order valence-corrected chi connectivity index (χ4v) is 2.33. The summed E-state index contributed by atoms with van der Waals surface area (Å²) in [5.41, 5.74) is 3.66.